The molecule has 1 heterocycles. The quantitative estimate of drug-likeness (QED) is 0.621. The smallest absolute Gasteiger partial charge is 0.341 e. The van der Waals surface area contributed by atoms with Crippen LogP contribution in [0.3, 0.4) is 0 Å². The zero-order valence-electron chi connectivity index (χ0n) is 17.0. The Morgan fingerprint density at radius 2 is 1.68 bits per heavy atom. The number of amides is 1. The molecule has 1 aromatic carbocycles. The van der Waals surface area contributed by atoms with E-state index >= 15 is 0 Å². The molecule has 1 aromatic heterocycles. The van der Waals surface area contributed by atoms with E-state index in [4.69, 9.17) is 14.2 Å². The molecule has 2 aromatic rings. The van der Waals surface area contributed by atoms with Crippen LogP contribution in [-0.4, -0.2) is 31.7 Å². The molecule has 28 heavy (non-hydrogen) atoms. The van der Waals surface area contributed by atoms with Crippen molar-refractivity contribution in [1.82, 2.24) is 0 Å². The standard InChI is InChI=1S/C21H27NO5S/c1-6-25-16-10-9-15(11-17(16)26-7-2)12-18(23)22-20-19(21(24)27-8-3)13(4)14(5)28-20/h9-11H,6-8,12H2,1-5H3,(H,22,23). The van der Waals surface area contributed by atoms with Crippen molar-refractivity contribution in [1.29, 1.82) is 0 Å². The molecule has 0 aliphatic rings. The molecular weight excluding hydrogens is 378 g/mol. The second-order valence-electron chi connectivity index (χ2n) is 6.08. The molecule has 152 valence electrons. The van der Waals surface area contributed by atoms with E-state index in [2.05, 4.69) is 5.32 Å². The first-order chi connectivity index (χ1) is 13.4. The van der Waals surface area contributed by atoms with Crippen molar-refractivity contribution in [2.45, 2.75) is 41.0 Å². The van der Waals surface area contributed by atoms with E-state index in [-0.39, 0.29) is 18.9 Å². The van der Waals surface area contributed by atoms with E-state index in [0.717, 1.165) is 16.0 Å². The molecule has 0 atom stereocenters. The SMILES string of the molecule is CCOC(=O)c1c(NC(=O)Cc2ccc(OCC)c(OCC)c2)sc(C)c1C. The number of hydrogen-bond acceptors (Lipinski definition) is 6. The Morgan fingerprint density at radius 3 is 2.32 bits per heavy atom. The number of thiophene rings is 1. The Labute approximate surface area is 169 Å². The molecule has 0 spiro atoms. The first-order valence-corrected chi connectivity index (χ1v) is 10.2. The predicted octanol–water partition coefficient (Wildman–Crippen LogP) is 4.52. The number of carbonyl (C=O) groups is 2. The van der Waals surface area contributed by atoms with E-state index in [1.54, 1.807) is 13.0 Å². The van der Waals surface area contributed by atoms with Gasteiger partial charge in [-0.2, -0.15) is 0 Å². The lowest BCUT2D eigenvalue weighted by Crippen LogP contribution is -2.16. The molecule has 0 bridgehead atoms. The summed E-state index contributed by atoms with van der Waals surface area (Å²) in [6, 6.07) is 5.45. The molecular formula is C21H27NO5S. The summed E-state index contributed by atoms with van der Waals surface area (Å²) in [6.07, 6.45) is 0.157. The monoisotopic (exact) mass is 405 g/mol. The third-order valence-corrected chi connectivity index (χ3v) is 5.21. The van der Waals surface area contributed by atoms with Gasteiger partial charge in [0.1, 0.15) is 5.00 Å². The Bertz CT molecular complexity index is 844. The number of benzene rings is 1. The number of anilines is 1. The minimum absolute atomic E-state index is 0.157. The van der Waals surface area contributed by atoms with E-state index in [1.807, 2.05) is 39.8 Å². The average molecular weight is 406 g/mol. The summed E-state index contributed by atoms with van der Waals surface area (Å²) in [5.74, 6) is 0.644. The van der Waals surface area contributed by atoms with Gasteiger partial charge in [0.05, 0.1) is 31.8 Å². The van der Waals surface area contributed by atoms with Crippen LogP contribution in [-0.2, 0) is 16.0 Å². The zero-order chi connectivity index (χ0) is 20.7. The number of nitrogens with one attached hydrogen (secondary N) is 1. The molecule has 0 saturated heterocycles. The number of esters is 1. The van der Waals surface area contributed by atoms with E-state index in [9.17, 15) is 9.59 Å². The lowest BCUT2D eigenvalue weighted by atomic mass is 10.1. The summed E-state index contributed by atoms with van der Waals surface area (Å²) in [5, 5.41) is 3.38. The number of ether oxygens (including phenoxy) is 3. The predicted molar refractivity (Wildman–Crippen MR) is 111 cm³/mol. The normalized spacial score (nSPS) is 10.5. The number of aryl methyl sites for hydroxylation is 1. The highest BCUT2D eigenvalue weighted by molar-refractivity contribution is 7.16. The summed E-state index contributed by atoms with van der Waals surface area (Å²) in [4.78, 5) is 25.8. The van der Waals surface area contributed by atoms with Gasteiger partial charge in [-0.05, 0) is 57.9 Å². The molecule has 0 radical (unpaired) electrons. The van der Waals surface area contributed by atoms with Crippen molar-refractivity contribution in [2.75, 3.05) is 25.1 Å². The zero-order valence-corrected chi connectivity index (χ0v) is 17.8. The molecule has 2 rings (SSSR count). The fourth-order valence-corrected chi connectivity index (χ4v) is 3.79. The number of rotatable bonds is 9. The first kappa shape index (κ1) is 21.8. The van der Waals surface area contributed by atoms with E-state index < -0.39 is 5.97 Å². The molecule has 7 heteroatoms. The van der Waals surface area contributed by atoms with Crippen LogP contribution < -0.4 is 14.8 Å². The maximum absolute atomic E-state index is 12.6. The van der Waals surface area contributed by atoms with Crippen LogP contribution in [0.15, 0.2) is 18.2 Å². The topological polar surface area (TPSA) is 73.9 Å². The minimum Gasteiger partial charge on any atom is -0.490 e. The Hall–Kier alpha value is -2.54. The molecule has 0 aliphatic heterocycles. The molecule has 0 aliphatic carbocycles. The van der Waals surface area contributed by atoms with Crippen LogP contribution in [0.25, 0.3) is 0 Å². The van der Waals surface area contributed by atoms with Crippen molar-refractivity contribution in [3.05, 3.63) is 39.8 Å². The molecule has 0 fully saturated rings. The van der Waals surface area contributed by atoms with E-state index in [1.165, 1.54) is 11.3 Å². The van der Waals surface area contributed by atoms with Crippen LogP contribution in [0.5, 0.6) is 11.5 Å². The van der Waals surface area contributed by atoms with Crippen molar-refractivity contribution in [3.63, 3.8) is 0 Å². The largest absolute Gasteiger partial charge is 0.490 e. The van der Waals surface area contributed by atoms with Gasteiger partial charge in [-0.1, -0.05) is 6.07 Å². The van der Waals surface area contributed by atoms with Crippen molar-refractivity contribution >= 4 is 28.2 Å². The van der Waals surface area contributed by atoms with Crippen molar-refractivity contribution < 1.29 is 23.8 Å². The summed E-state index contributed by atoms with van der Waals surface area (Å²) >= 11 is 1.38. The first-order valence-electron chi connectivity index (χ1n) is 9.36. The van der Waals surface area contributed by atoms with E-state index in [0.29, 0.717) is 35.3 Å². The molecule has 0 unspecified atom stereocenters. The molecule has 1 N–H and O–H groups in total. The average Bonchev–Trinajstić information content (AvgIpc) is 2.91. The van der Waals surface area contributed by atoms with Gasteiger partial charge in [-0.25, -0.2) is 4.79 Å². The van der Waals surface area contributed by atoms with Gasteiger partial charge in [0.15, 0.2) is 11.5 Å². The van der Waals surface area contributed by atoms with Crippen LogP contribution in [0.4, 0.5) is 5.00 Å². The third kappa shape index (κ3) is 5.25. The molecule has 1 amide bonds. The van der Waals surface area contributed by atoms with Crippen molar-refractivity contribution in [2.24, 2.45) is 0 Å². The maximum atomic E-state index is 12.6. The van der Waals surface area contributed by atoms with Crippen LogP contribution in [0, 0.1) is 13.8 Å². The fourth-order valence-electron chi connectivity index (χ4n) is 2.73. The van der Waals surface area contributed by atoms with Crippen LogP contribution in [0.2, 0.25) is 0 Å². The minimum atomic E-state index is -0.417. The lowest BCUT2D eigenvalue weighted by molar-refractivity contribution is -0.115. The highest BCUT2D eigenvalue weighted by atomic mass is 32.1. The number of carbonyl (C=O) groups excluding carboxylic acids is 2. The molecule has 0 saturated carbocycles. The Balaban J connectivity index is 2.17. The Morgan fingerprint density at radius 1 is 1.00 bits per heavy atom. The third-order valence-electron chi connectivity index (χ3n) is 4.09. The highest BCUT2D eigenvalue weighted by Gasteiger charge is 2.22. The van der Waals surface area contributed by atoms with Gasteiger partial charge >= 0.3 is 5.97 Å². The fraction of sp³-hybridized carbons (Fsp3) is 0.429. The van der Waals surface area contributed by atoms with Gasteiger partial charge in [-0.3, -0.25) is 4.79 Å². The molecule has 6 nitrogen and oxygen atoms in total. The van der Waals surface area contributed by atoms with Gasteiger partial charge < -0.3 is 19.5 Å². The Kier molecular flexibility index (Phi) is 7.87. The number of hydrogen-bond donors (Lipinski definition) is 1. The van der Waals surface area contributed by atoms with Gasteiger partial charge in [0.2, 0.25) is 5.91 Å². The van der Waals surface area contributed by atoms with Gasteiger partial charge in [0, 0.05) is 4.88 Å². The summed E-state index contributed by atoms with van der Waals surface area (Å²) in [7, 11) is 0. The summed E-state index contributed by atoms with van der Waals surface area (Å²) < 4.78 is 16.3. The maximum Gasteiger partial charge on any atom is 0.341 e. The van der Waals surface area contributed by atoms with Gasteiger partial charge in [-0.15, -0.1) is 11.3 Å². The second-order valence-corrected chi connectivity index (χ2v) is 7.30. The summed E-state index contributed by atoms with van der Waals surface area (Å²) in [6.45, 7) is 10.7. The van der Waals surface area contributed by atoms with Gasteiger partial charge in [0.25, 0.3) is 0 Å². The lowest BCUT2D eigenvalue weighted by Gasteiger charge is -2.12. The van der Waals surface area contributed by atoms with Crippen LogP contribution >= 0.6 is 11.3 Å². The highest BCUT2D eigenvalue weighted by Crippen LogP contribution is 2.33. The van der Waals surface area contributed by atoms with Crippen LogP contribution in [0.1, 0.15) is 47.1 Å². The van der Waals surface area contributed by atoms with Crippen molar-refractivity contribution in [3.8, 4) is 11.5 Å². The second kappa shape index (κ2) is 10.1. The summed E-state index contributed by atoms with van der Waals surface area (Å²) in [5.41, 5.74) is 2.06.